The van der Waals surface area contributed by atoms with E-state index in [0.717, 1.165) is 43.0 Å². The molecular formula is C26H27N3O2S. The number of carbonyl (C=O) groups is 2. The normalized spacial score (nSPS) is 16.1. The van der Waals surface area contributed by atoms with Crippen molar-refractivity contribution in [2.45, 2.75) is 19.9 Å². The molecule has 0 unspecified atom stereocenters. The summed E-state index contributed by atoms with van der Waals surface area (Å²) in [5.41, 5.74) is 4.36. The molecule has 0 radical (unpaired) electrons. The Bertz CT molecular complexity index is 1130. The summed E-state index contributed by atoms with van der Waals surface area (Å²) in [5, 5.41) is 0. The van der Waals surface area contributed by atoms with Gasteiger partial charge in [0.15, 0.2) is 0 Å². The molecule has 5 nitrogen and oxygen atoms in total. The van der Waals surface area contributed by atoms with Crippen LogP contribution in [-0.4, -0.2) is 54.3 Å². The second-order valence-corrected chi connectivity index (χ2v) is 9.60. The lowest BCUT2D eigenvalue weighted by Gasteiger charge is -2.36. The number of aryl methyl sites for hydroxylation is 1. The van der Waals surface area contributed by atoms with Gasteiger partial charge < -0.3 is 14.7 Å². The lowest BCUT2D eigenvalue weighted by atomic mass is 10.1. The number of hydrogen-bond acceptors (Lipinski definition) is 4. The average molecular weight is 446 g/mol. The number of anilines is 1. The topological polar surface area (TPSA) is 43.9 Å². The van der Waals surface area contributed by atoms with E-state index < -0.39 is 0 Å². The van der Waals surface area contributed by atoms with E-state index in [2.05, 4.69) is 36.1 Å². The van der Waals surface area contributed by atoms with Crippen molar-refractivity contribution < 1.29 is 9.59 Å². The number of fused-ring (bicyclic) bond motifs is 1. The summed E-state index contributed by atoms with van der Waals surface area (Å²) in [6.07, 6.45) is 0.812. The van der Waals surface area contributed by atoms with Crippen LogP contribution in [0, 0.1) is 6.92 Å². The summed E-state index contributed by atoms with van der Waals surface area (Å²) >= 11 is 1.60. The number of hydrogen-bond donors (Lipinski definition) is 0. The van der Waals surface area contributed by atoms with Gasteiger partial charge in [0.25, 0.3) is 11.8 Å². The van der Waals surface area contributed by atoms with Gasteiger partial charge in [0.1, 0.15) is 0 Å². The van der Waals surface area contributed by atoms with Gasteiger partial charge in [-0.15, -0.1) is 11.3 Å². The Morgan fingerprint density at radius 2 is 1.53 bits per heavy atom. The van der Waals surface area contributed by atoms with Gasteiger partial charge in [-0.05, 0) is 48.7 Å². The van der Waals surface area contributed by atoms with Crippen molar-refractivity contribution in [2.75, 3.05) is 37.6 Å². The molecule has 0 bridgehead atoms. The van der Waals surface area contributed by atoms with Crippen molar-refractivity contribution in [1.82, 2.24) is 9.80 Å². The first kappa shape index (κ1) is 20.8. The molecule has 0 aliphatic carbocycles. The minimum Gasteiger partial charge on any atom is -0.368 e. The molecule has 6 heteroatoms. The van der Waals surface area contributed by atoms with Crippen LogP contribution < -0.4 is 4.90 Å². The van der Waals surface area contributed by atoms with Crippen LogP contribution in [0.1, 0.15) is 36.0 Å². The van der Waals surface area contributed by atoms with Crippen molar-refractivity contribution in [3.63, 3.8) is 0 Å². The highest BCUT2D eigenvalue weighted by molar-refractivity contribution is 7.14. The van der Waals surface area contributed by atoms with Crippen molar-refractivity contribution >= 4 is 28.8 Å². The van der Waals surface area contributed by atoms with E-state index in [0.29, 0.717) is 18.7 Å². The van der Waals surface area contributed by atoms with Crippen LogP contribution in [0.15, 0.2) is 60.7 Å². The summed E-state index contributed by atoms with van der Waals surface area (Å²) in [6.45, 7) is 6.57. The first-order valence-corrected chi connectivity index (χ1v) is 12.0. The fourth-order valence-electron chi connectivity index (χ4n) is 4.60. The summed E-state index contributed by atoms with van der Waals surface area (Å²) in [4.78, 5) is 34.3. The van der Waals surface area contributed by atoms with E-state index in [1.54, 1.807) is 11.3 Å². The number of nitrogens with zero attached hydrogens (tertiary/aromatic N) is 3. The molecule has 32 heavy (non-hydrogen) atoms. The molecule has 2 aromatic carbocycles. The summed E-state index contributed by atoms with van der Waals surface area (Å²) < 4.78 is 0. The molecule has 0 N–H and O–H groups in total. The van der Waals surface area contributed by atoms with Crippen LogP contribution >= 0.6 is 11.3 Å². The molecule has 0 saturated carbocycles. The van der Waals surface area contributed by atoms with Crippen molar-refractivity contribution in [1.29, 1.82) is 0 Å². The molecule has 3 aromatic rings. The van der Waals surface area contributed by atoms with Crippen LogP contribution in [0.3, 0.4) is 0 Å². The minimum atomic E-state index is 0.0580. The number of benzene rings is 2. The third-order valence-corrected chi connectivity index (χ3v) is 7.63. The molecule has 2 amide bonds. The molecule has 1 aromatic heterocycles. The second kappa shape index (κ2) is 8.79. The summed E-state index contributed by atoms with van der Waals surface area (Å²) in [6, 6.07) is 19.9. The Morgan fingerprint density at radius 3 is 2.28 bits per heavy atom. The van der Waals surface area contributed by atoms with E-state index >= 15 is 0 Å². The number of carbonyl (C=O) groups excluding carboxylic acids is 2. The smallest absolute Gasteiger partial charge is 0.264 e. The zero-order valence-corrected chi connectivity index (χ0v) is 19.1. The number of para-hydroxylation sites is 1. The van der Waals surface area contributed by atoms with Crippen LogP contribution in [0.5, 0.6) is 0 Å². The van der Waals surface area contributed by atoms with E-state index in [4.69, 9.17) is 0 Å². The molecule has 0 spiro atoms. The Morgan fingerprint density at radius 1 is 0.812 bits per heavy atom. The standard InChI is InChI=1S/C26H27N3O2S/c1-19-7-5-6-10-22(19)27-13-15-28(16-14-27)26(31)24-17-21-18-29(12-11-23(21)32-24)25(30)20-8-3-2-4-9-20/h2-10,17H,11-16,18H2,1H3. The Balaban J connectivity index is 1.24. The summed E-state index contributed by atoms with van der Waals surface area (Å²) in [5.74, 6) is 0.178. The number of piperazine rings is 1. The fraction of sp³-hybridized carbons (Fsp3) is 0.308. The molecule has 5 rings (SSSR count). The molecule has 2 aliphatic rings. The first-order chi connectivity index (χ1) is 15.6. The first-order valence-electron chi connectivity index (χ1n) is 11.2. The Kier molecular flexibility index (Phi) is 5.70. The predicted octanol–water partition coefficient (Wildman–Crippen LogP) is 4.22. The molecule has 1 saturated heterocycles. The van der Waals surface area contributed by atoms with Gasteiger partial charge in [0, 0.05) is 55.4 Å². The van der Waals surface area contributed by atoms with E-state index in [9.17, 15) is 9.59 Å². The number of rotatable bonds is 3. The van der Waals surface area contributed by atoms with Crippen LogP contribution in [0.25, 0.3) is 0 Å². The zero-order valence-electron chi connectivity index (χ0n) is 18.3. The average Bonchev–Trinajstić information content (AvgIpc) is 3.27. The van der Waals surface area contributed by atoms with Crippen LogP contribution in [-0.2, 0) is 13.0 Å². The molecule has 164 valence electrons. The molecule has 0 atom stereocenters. The SMILES string of the molecule is Cc1ccccc1N1CCN(C(=O)c2cc3c(s2)CCN(C(=O)c2ccccc2)C3)CC1. The van der Waals surface area contributed by atoms with E-state index in [1.807, 2.05) is 46.2 Å². The molecule has 2 aliphatic heterocycles. The van der Waals surface area contributed by atoms with Crippen molar-refractivity contribution in [3.8, 4) is 0 Å². The highest BCUT2D eigenvalue weighted by Crippen LogP contribution is 2.30. The third-order valence-electron chi connectivity index (χ3n) is 6.41. The monoisotopic (exact) mass is 445 g/mol. The largest absolute Gasteiger partial charge is 0.368 e. The maximum atomic E-state index is 13.2. The van der Waals surface area contributed by atoms with E-state index in [-0.39, 0.29) is 11.8 Å². The van der Waals surface area contributed by atoms with Crippen molar-refractivity contribution in [2.24, 2.45) is 0 Å². The second-order valence-electron chi connectivity index (χ2n) is 8.47. The van der Waals surface area contributed by atoms with E-state index in [1.165, 1.54) is 16.1 Å². The Labute approximate surface area is 192 Å². The molecule has 1 fully saturated rings. The van der Waals surface area contributed by atoms with Crippen LogP contribution in [0.2, 0.25) is 0 Å². The lowest BCUT2D eigenvalue weighted by Crippen LogP contribution is -2.48. The van der Waals surface area contributed by atoms with Gasteiger partial charge in [-0.2, -0.15) is 0 Å². The number of thiophene rings is 1. The zero-order chi connectivity index (χ0) is 22.1. The summed E-state index contributed by atoms with van der Waals surface area (Å²) in [7, 11) is 0. The Hall–Kier alpha value is -3.12. The van der Waals surface area contributed by atoms with Gasteiger partial charge in [-0.1, -0.05) is 36.4 Å². The third kappa shape index (κ3) is 4.02. The molecule has 3 heterocycles. The van der Waals surface area contributed by atoms with Gasteiger partial charge in [0.05, 0.1) is 4.88 Å². The predicted molar refractivity (Wildman–Crippen MR) is 129 cm³/mol. The number of amides is 2. The molecular weight excluding hydrogens is 418 g/mol. The maximum absolute atomic E-state index is 13.2. The maximum Gasteiger partial charge on any atom is 0.264 e. The highest BCUT2D eigenvalue weighted by atomic mass is 32.1. The van der Waals surface area contributed by atoms with Gasteiger partial charge >= 0.3 is 0 Å². The van der Waals surface area contributed by atoms with Gasteiger partial charge in [-0.25, -0.2) is 0 Å². The van der Waals surface area contributed by atoms with Gasteiger partial charge in [-0.3, -0.25) is 9.59 Å². The highest BCUT2D eigenvalue weighted by Gasteiger charge is 2.28. The fourth-order valence-corrected chi connectivity index (χ4v) is 5.73. The quantitative estimate of drug-likeness (QED) is 0.606. The van der Waals surface area contributed by atoms with Crippen LogP contribution in [0.4, 0.5) is 5.69 Å². The van der Waals surface area contributed by atoms with Gasteiger partial charge in [0.2, 0.25) is 0 Å². The minimum absolute atomic E-state index is 0.0580. The lowest BCUT2D eigenvalue weighted by molar-refractivity contribution is 0.0735. The van der Waals surface area contributed by atoms with Crippen molar-refractivity contribution in [3.05, 3.63) is 87.1 Å².